The van der Waals surface area contributed by atoms with Gasteiger partial charge >= 0.3 is 0 Å². The fourth-order valence-electron chi connectivity index (χ4n) is 4.81. The Hall–Kier alpha value is -2.09. The maximum Gasteiger partial charge on any atom is 0.133 e. The van der Waals surface area contributed by atoms with Gasteiger partial charge in [-0.05, 0) is 48.9 Å². The number of pyridine rings is 1. The predicted molar refractivity (Wildman–Crippen MR) is 98.5 cm³/mol. The molecule has 4 atom stereocenters. The van der Waals surface area contributed by atoms with Gasteiger partial charge < -0.3 is 15.3 Å². The molecular weight excluding hydrogens is 366 g/mol. The van der Waals surface area contributed by atoms with E-state index in [0.29, 0.717) is 25.1 Å². The van der Waals surface area contributed by atoms with Crippen LogP contribution in [0.25, 0.3) is 0 Å². The molecule has 1 aromatic carbocycles. The van der Waals surface area contributed by atoms with Crippen LogP contribution in [-0.4, -0.2) is 50.4 Å². The Bertz CT molecular complexity index is 812. The van der Waals surface area contributed by atoms with E-state index in [1.54, 1.807) is 6.07 Å². The molecule has 3 N–H and O–H groups in total. The van der Waals surface area contributed by atoms with E-state index in [9.17, 15) is 24.1 Å². The van der Waals surface area contributed by atoms with Crippen LogP contribution in [0.5, 0.6) is 5.75 Å². The molecule has 2 heterocycles. The number of nitrogens with zero attached hydrogens (tertiary/aromatic N) is 2. The molecule has 7 heteroatoms. The van der Waals surface area contributed by atoms with E-state index in [-0.39, 0.29) is 29.6 Å². The van der Waals surface area contributed by atoms with E-state index < -0.39 is 23.3 Å². The van der Waals surface area contributed by atoms with E-state index in [1.807, 2.05) is 0 Å². The Labute approximate surface area is 162 Å². The molecule has 2 aromatic rings. The summed E-state index contributed by atoms with van der Waals surface area (Å²) in [6.45, 7) is 1.87. The van der Waals surface area contributed by atoms with E-state index in [1.165, 1.54) is 30.5 Å². The number of β-amino-alcohol motifs (C(OH)–C–C–N with tert-alkyl or cyclic N) is 1. The van der Waals surface area contributed by atoms with Crippen LogP contribution in [0.1, 0.15) is 30.2 Å². The number of aliphatic hydroxyl groups is 2. The molecule has 0 bridgehead atoms. The fraction of sp³-hybridized carbons (Fsp3) is 0.476. The third kappa shape index (κ3) is 3.87. The Balaban J connectivity index is 1.36. The molecule has 0 spiro atoms. The van der Waals surface area contributed by atoms with Crippen LogP contribution < -0.4 is 0 Å². The van der Waals surface area contributed by atoms with Crippen molar-refractivity contribution in [1.29, 1.82) is 0 Å². The first-order valence-corrected chi connectivity index (χ1v) is 9.53. The number of hydrogen-bond acceptors (Lipinski definition) is 5. The fourth-order valence-corrected chi connectivity index (χ4v) is 4.81. The quantitative estimate of drug-likeness (QED) is 0.731. The highest BCUT2D eigenvalue weighted by Crippen LogP contribution is 2.46. The summed E-state index contributed by atoms with van der Waals surface area (Å²) >= 11 is 0. The first kappa shape index (κ1) is 19.2. The molecule has 0 amide bonds. The summed E-state index contributed by atoms with van der Waals surface area (Å²) < 4.78 is 27.9. The van der Waals surface area contributed by atoms with E-state index in [4.69, 9.17) is 0 Å². The van der Waals surface area contributed by atoms with E-state index in [0.717, 1.165) is 13.1 Å². The van der Waals surface area contributed by atoms with Gasteiger partial charge in [0.15, 0.2) is 0 Å². The molecule has 1 aromatic heterocycles. The van der Waals surface area contributed by atoms with Gasteiger partial charge in [-0.3, -0.25) is 9.88 Å². The van der Waals surface area contributed by atoms with Crippen molar-refractivity contribution < 1.29 is 24.1 Å². The van der Waals surface area contributed by atoms with E-state index in [2.05, 4.69) is 9.88 Å². The molecule has 4 rings (SSSR count). The first-order valence-electron chi connectivity index (χ1n) is 9.53. The van der Waals surface area contributed by atoms with Gasteiger partial charge in [0.1, 0.15) is 23.5 Å². The maximum atomic E-state index is 13.9. The molecule has 1 saturated heterocycles. The number of likely N-dealkylation sites (tertiary alicyclic amines) is 1. The number of hydrogen-bond donors (Lipinski definition) is 3. The van der Waals surface area contributed by atoms with Gasteiger partial charge in [0.25, 0.3) is 0 Å². The zero-order chi connectivity index (χ0) is 19.9. The van der Waals surface area contributed by atoms with Crippen LogP contribution in [0.2, 0.25) is 0 Å². The predicted octanol–water partition coefficient (Wildman–Crippen LogP) is 2.41. The lowest BCUT2D eigenvalue weighted by atomic mass is 9.90. The number of aromatic nitrogens is 1. The highest BCUT2D eigenvalue weighted by Gasteiger charge is 2.48. The summed E-state index contributed by atoms with van der Waals surface area (Å²) in [5, 5.41) is 30.6. The van der Waals surface area contributed by atoms with Crippen molar-refractivity contribution in [2.75, 3.05) is 19.6 Å². The smallest absolute Gasteiger partial charge is 0.133 e. The Morgan fingerprint density at radius 2 is 1.75 bits per heavy atom. The highest BCUT2D eigenvalue weighted by molar-refractivity contribution is 5.23. The van der Waals surface area contributed by atoms with Crippen molar-refractivity contribution in [3.05, 3.63) is 59.4 Å². The van der Waals surface area contributed by atoms with Gasteiger partial charge in [0.05, 0.1) is 17.5 Å². The van der Waals surface area contributed by atoms with Crippen LogP contribution in [0, 0.1) is 23.5 Å². The van der Waals surface area contributed by atoms with Gasteiger partial charge in [-0.2, -0.15) is 0 Å². The summed E-state index contributed by atoms with van der Waals surface area (Å²) in [5.41, 5.74) is -0.640. The minimum Gasteiger partial charge on any atom is -0.506 e. The molecule has 1 aliphatic carbocycles. The molecule has 28 heavy (non-hydrogen) atoms. The summed E-state index contributed by atoms with van der Waals surface area (Å²) in [6.07, 6.45) is 1.52. The largest absolute Gasteiger partial charge is 0.506 e. The van der Waals surface area contributed by atoms with Crippen molar-refractivity contribution in [1.82, 2.24) is 9.88 Å². The lowest BCUT2D eigenvalue weighted by molar-refractivity contribution is 0.0311. The minimum absolute atomic E-state index is 0.0153. The van der Waals surface area contributed by atoms with Crippen LogP contribution in [0.15, 0.2) is 36.5 Å². The first-order chi connectivity index (χ1) is 13.3. The van der Waals surface area contributed by atoms with Crippen LogP contribution in [0.4, 0.5) is 8.78 Å². The number of fused-ring (bicyclic) bond motifs is 1. The van der Waals surface area contributed by atoms with E-state index >= 15 is 0 Å². The minimum atomic E-state index is -1.10. The van der Waals surface area contributed by atoms with Gasteiger partial charge in [-0.25, -0.2) is 8.78 Å². The lowest BCUT2D eigenvalue weighted by Gasteiger charge is -2.27. The molecule has 1 unspecified atom stereocenters. The van der Waals surface area contributed by atoms with Crippen LogP contribution >= 0.6 is 0 Å². The molecule has 0 radical (unpaired) electrons. The van der Waals surface area contributed by atoms with Crippen molar-refractivity contribution >= 4 is 0 Å². The van der Waals surface area contributed by atoms with Crippen LogP contribution in [0.3, 0.4) is 0 Å². The average molecular weight is 390 g/mol. The maximum absolute atomic E-state index is 13.9. The molecule has 5 nitrogen and oxygen atoms in total. The van der Waals surface area contributed by atoms with Crippen LogP contribution in [-0.2, 0) is 6.42 Å². The molecule has 1 saturated carbocycles. The topological polar surface area (TPSA) is 76.8 Å². The van der Waals surface area contributed by atoms with Crippen molar-refractivity contribution in [3.8, 4) is 5.75 Å². The number of aliphatic hydroxyl groups excluding tert-OH is 1. The highest BCUT2D eigenvalue weighted by atomic mass is 19.1. The third-order valence-electron chi connectivity index (χ3n) is 6.05. The number of halogens is 2. The second-order valence-electron chi connectivity index (χ2n) is 8.21. The SMILES string of the molecule is Oc1ccc(C(O)CN2C[C@@H]3C[C@@](O)(Cc4c(F)cccc4F)C[C@@H]3C2)nc1. The number of benzene rings is 1. The standard InChI is InChI=1S/C21H24F2N2O3/c22-17-2-1-3-18(23)16(17)8-21(28)6-13-10-25(11-14(13)7-21)12-20(27)19-5-4-15(26)9-24-19/h1-5,9,13-14,20,26-28H,6-8,10-12H2/t13-,14+,20?,21-. The summed E-state index contributed by atoms with van der Waals surface area (Å²) in [6, 6.07) is 6.86. The second-order valence-corrected chi connectivity index (χ2v) is 8.21. The van der Waals surface area contributed by atoms with Gasteiger partial charge in [-0.1, -0.05) is 6.07 Å². The molecule has 150 valence electrons. The van der Waals surface area contributed by atoms with Crippen molar-refractivity contribution in [3.63, 3.8) is 0 Å². The van der Waals surface area contributed by atoms with Crippen molar-refractivity contribution in [2.24, 2.45) is 11.8 Å². The number of aromatic hydroxyl groups is 1. The molecule has 2 fully saturated rings. The van der Waals surface area contributed by atoms with Gasteiger partial charge in [0.2, 0.25) is 0 Å². The number of rotatable bonds is 5. The van der Waals surface area contributed by atoms with Gasteiger partial charge in [-0.15, -0.1) is 0 Å². The molecular formula is C21H24F2N2O3. The Morgan fingerprint density at radius 3 is 2.32 bits per heavy atom. The normalized spacial score (nSPS) is 28.4. The zero-order valence-corrected chi connectivity index (χ0v) is 15.4. The lowest BCUT2D eigenvalue weighted by Crippen LogP contribution is -2.34. The molecule has 1 aliphatic heterocycles. The summed E-state index contributed by atoms with van der Waals surface area (Å²) in [5.74, 6) is -0.704. The monoisotopic (exact) mass is 390 g/mol. The van der Waals surface area contributed by atoms with Crippen molar-refractivity contribution in [2.45, 2.75) is 31.0 Å². The Kier molecular flexibility index (Phi) is 5.07. The second kappa shape index (κ2) is 7.39. The zero-order valence-electron chi connectivity index (χ0n) is 15.4. The summed E-state index contributed by atoms with van der Waals surface area (Å²) in [4.78, 5) is 6.18. The molecule has 2 aliphatic rings. The van der Waals surface area contributed by atoms with Gasteiger partial charge in [0, 0.05) is 31.6 Å². The Morgan fingerprint density at radius 1 is 1.11 bits per heavy atom. The average Bonchev–Trinajstić information content (AvgIpc) is 3.13. The third-order valence-corrected chi connectivity index (χ3v) is 6.05. The summed E-state index contributed by atoms with van der Waals surface area (Å²) in [7, 11) is 0.